The first kappa shape index (κ1) is 15.1. The topological polar surface area (TPSA) is 70.0 Å². The molecule has 0 heterocycles. The van der Waals surface area contributed by atoms with Gasteiger partial charge >= 0.3 is 7.82 Å². The van der Waals surface area contributed by atoms with Crippen LogP contribution in [0.1, 0.15) is 32.1 Å². The van der Waals surface area contributed by atoms with Crippen molar-refractivity contribution in [2.24, 2.45) is 0 Å². The van der Waals surface area contributed by atoms with Gasteiger partial charge in [-0.25, -0.2) is 4.57 Å². The number of hydrogen-bond donors (Lipinski definition) is 2. The van der Waals surface area contributed by atoms with E-state index in [1.807, 2.05) is 26.0 Å². The van der Waals surface area contributed by atoms with Gasteiger partial charge < -0.3 is 14.7 Å². The molecule has 0 aromatic heterocycles. The molecule has 1 aliphatic rings. The Labute approximate surface area is 91.7 Å². The Hall–Kier alpha value is 0.0700. The standard InChI is InChI=1S/C6H13O4P.C3H9N/c7-11(8,9)10-6-4-2-1-3-5-6;1-4(2)3/h6H,1-5H2,(H2,7,8,9);1-3H3. The van der Waals surface area contributed by atoms with Gasteiger partial charge in [-0.2, -0.15) is 0 Å². The molecular formula is C9H22NO4P. The van der Waals surface area contributed by atoms with Crippen LogP contribution in [-0.4, -0.2) is 41.9 Å². The minimum Gasteiger partial charge on any atom is -0.312 e. The number of hydrogen-bond acceptors (Lipinski definition) is 3. The Morgan fingerprint density at radius 3 is 1.87 bits per heavy atom. The Morgan fingerprint density at radius 1 is 1.13 bits per heavy atom. The smallest absolute Gasteiger partial charge is 0.312 e. The molecule has 0 aromatic rings. The van der Waals surface area contributed by atoms with Gasteiger partial charge in [0.15, 0.2) is 0 Å². The molecule has 2 N–H and O–H groups in total. The molecule has 0 aliphatic heterocycles. The van der Waals surface area contributed by atoms with Gasteiger partial charge in [-0.3, -0.25) is 4.52 Å². The molecule has 5 nitrogen and oxygen atoms in total. The number of rotatable bonds is 2. The van der Waals surface area contributed by atoms with Crippen LogP contribution in [0.25, 0.3) is 0 Å². The summed E-state index contributed by atoms with van der Waals surface area (Å²) in [5, 5.41) is 0. The third-order valence-electron chi connectivity index (χ3n) is 1.84. The van der Waals surface area contributed by atoms with Crippen LogP contribution in [0, 0.1) is 0 Å². The minimum atomic E-state index is -4.23. The second-order valence-corrected chi connectivity index (χ2v) is 5.39. The van der Waals surface area contributed by atoms with Crippen LogP contribution in [0.4, 0.5) is 0 Å². The van der Waals surface area contributed by atoms with Crippen molar-refractivity contribution >= 4 is 7.82 Å². The molecule has 1 aliphatic carbocycles. The van der Waals surface area contributed by atoms with Crippen LogP contribution in [0.3, 0.4) is 0 Å². The van der Waals surface area contributed by atoms with Crippen molar-refractivity contribution in [2.45, 2.75) is 38.2 Å². The van der Waals surface area contributed by atoms with Crippen LogP contribution >= 0.6 is 7.82 Å². The van der Waals surface area contributed by atoms with E-state index in [-0.39, 0.29) is 6.10 Å². The van der Waals surface area contributed by atoms with E-state index in [1.165, 1.54) is 0 Å². The zero-order valence-corrected chi connectivity index (χ0v) is 10.6. The van der Waals surface area contributed by atoms with E-state index in [0.717, 1.165) is 32.1 Å². The van der Waals surface area contributed by atoms with Crippen LogP contribution < -0.4 is 0 Å². The quantitative estimate of drug-likeness (QED) is 0.716. The minimum absolute atomic E-state index is 0.218. The summed E-state index contributed by atoms with van der Waals surface area (Å²) in [4.78, 5) is 18.9. The van der Waals surface area contributed by atoms with Crippen molar-refractivity contribution < 1.29 is 18.9 Å². The molecule has 0 spiro atoms. The maximum Gasteiger partial charge on any atom is 0.469 e. The van der Waals surface area contributed by atoms with E-state index in [4.69, 9.17) is 9.79 Å². The molecule has 1 rings (SSSR count). The molecule has 0 saturated heterocycles. The van der Waals surface area contributed by atoms with Gasteiger partial charge in [0.05, 0.1) is 6.10 Å². The maximum absolute atomic E-state index is 10.4. The average Bonchev–Trinajstić information content (AvgIpc) is 2.01. The van der Waals surface area contributed by atoms with E-state index >= 15 is 0 Å². The first-order valence-electron chi connectivity index (χ1n) is 5.16. The fourth-order valence-corrected chi connectivity index (χ4v) is 1.96. The highest BCUT2D eigenvalue weighted by atomic mass is 31.2. The normalized spacial score (nSPS) is 18.5. The molecule has 15 heavy (non-hydrogen) atoms. The highest BCUT2D eigenvalue weighted by molar-refractivity contribution is 7.46. The first-order valence-corrected chi connectivity index (χ1v) is 6.69. The second-order valence-electron chi connectivity index (χ2n) is 4.20. The van der Waals surface area contributed by atoms with E-state index in [0.29, 0.717) is 0 Å². The molecule has 0 unspecified atom stereocenters. The SMILES string of the molecule is CN(C)C.O=P(O)(O)OC1CCCCC1. The number of phosphoric acid groups is 1. The van der Waals surface area contributed by atoms with Crippen LogP contribution in [-0.2, 0) is 9.09 Å². The van der Waals surface area contributed by atoms with E-state index in [2.05, 4.69) is 4.52 Å². The van der Waals surface area contributed by atoms with E-state index < -0.39 is 7.82 Å². The molecule has 1 fully saturated rings. The Balaban J connectivity index is 0.000000423. The lowest BCUT2D eigenvalue weighted by molar-refractivity contribution is 0.104. The summed E-state index contributed by atoms with van der Waals surface area (Å²) in [6.45, 7) is 0. The molecule has 92 valence electrons. The lowest BCUT2D eigenvalue weighted by Crippen LogP contribution is -2.14. The molecule has 0 radical (unpaired) electrons. The fraction of sp³-hybridized carbons (Fsp3) is 1.00. The largest absolute Gasteiger partial charge is 0.469 e. The molecular weight excluding hydrogens is 217 g/mol. The van der Waals surface area contributed by atoms with Crippen LogP contribution in [0.5, 0.6) is 0 Å². The molecule has 0 aromatic carbocycles. The third-order valence-corrected chi connectivity index (χ3v) is 2.41. The van der Waals surface area contributed by atoms with Crippen LogP contribution in [0.2, 0.25) is 0 Å². The maximum atomic E-state index is 10.4. The van der Waals surface area contributed by atoms with Gasteiger partial charge in [0.25, 0.3) is 0 Å². The highest BCUT2D eigenvalue weighted by Crippen LogP contribution is 2.40. The van der Waals surface area contributed by atoms with Crippen LogP contribution in [0.15, 0.2) is 0 Å². The summed E-state index contributed by atoms with van der Waals surface area (Å²) in [6, 6.07) is 0. The predicted molar refractivity (Wildman–Crippen MR) is 59.6 cm³/mol. The van der Waals surface area contributed by atoms with Gasteiger partial charge in [0.2, 0.25) is 0 Å². The third kappa shape index (κ3) is 12.0. The van der Waals surface area contributed by atoms with Gasteiger partial charge in [-0.1, -0.05) is 19.3 Å². The summed E-state index contributed by atoms with van der Waals surface area (Å²) in [7, 11) is 1.77. The van der Waals surface area contributed by atoms with Gasteiger partial charge in [-0.15, -0.1) is 0 Å². The summed E-state index contributed by atoms with van der Waals surface area (Å²) < 4.78 is 14.9. The van der Waals surface area contributed by atoms with Crippen molar-refractivity contribution in [3.05, 3.63) is 0 Å². The van der Waals surface area contributed by atoms with Crippen molar-refractivity contribution in [3.8, 4) is 0 Å². The van der Waals surface area contributed by atoms with Gasteiger partial charge in [0.1, 0.15) is 0 Å². The Morgan fingerprint density at radius 2 is 1.53 bits per heavy atom. The van der Waals surface area contributed by atoms with E-state index in [9.17, 15) is 4.57 Å². The number of nitrogens with zero attached hydrogens (tertiary/aromatic N) is 1. The van der Waals surface area contributed by atoms with Crippen molar-refractivity contribution in [3.63, 3.8) is 0 Å². The summed E-state index contributed by atoms with van der Waals surface area (Å²) in [6.07, 6.45) is 4.54. The van der Waals surface area contributed by atoms with Crippen molar-refractivity contribution in [1.82, 2.24) is 4.90 Å². The zero-order valence-electron chi connectivity index (χ0n) is 9.72. The fourth-order valence-electron chi connectivity index (χ4n) is 1.36. The molecule has 0 amide bonds. The Bertz CT molecular complexity index is 196. The summed E-state index contributed by atoms with van der Waals surface area (Å²) in [5.41, 5.74) is 0. The summed E-state index contributed by atoms with van der Waals surface area (Å²) >= 11 is 0. The zero-order chi connectivity index (χ0) is 11.9. The lowest BCUT2D eigenvalue weighted by atomic mass is 9.98. The van der Waals surface area contributed by atoms with Gasteiger partial charge in [-0.05, 0) is 34.0 Å². The molecule has 1 saturated carbocycles. The molecule has 0 atom stereocenters. The van der Waals surface area contributed by atoms with E-state index in [1.54, 1.807) is 0 Å². The Kier molecular flexibility index (Phi) is 7.40. The number of phosphoric ester groups is 1. The van der Waals surface area contributed by atoms with Gasteiger partial charge in [0, 0.05) is 0 Å². The van der Waals surface area contributed by atoms with Crippen molar-refractivity contribution in [1.29, 1.82) is 0 Å². The monoisotopic (exact) mass is 239 g/mol. The summed E-state index contributed by atoms with van der Waals surface area (Å²) in [5.74, 6) is 0. The average molecular weight is 239 g/mol. The highest BCUT2D eigenvalue weighted by Gasteiger charge is 2.23. The lowest BCUT2D eigenvalue weighted by Gasteiger charge is -2.21. The van der Waals surface area contributed by atoms with Crippen molar-refractivity contribution in [2.75, 3.05) is 21.1 Å². The molecule has 6 heteroatoms. The first-order chi connectivity index (χ1) is 6.81. The second kappa shape index (κ2) is 7.36. The predicted octanol–water partition coefficient (Wildman–Crippen LogP) is 1.61. The molecule has 0 bridgehead atoms.